The summed E-state index contributed by atoms with van der Waals surface area (Å²) in [5.41, 5.74) is 1.14. The monoisotopic (exact) mass is 360 g/mol. The number of benzene rings is 1. The van der Waals surface area contributed by atoms with E-state index in [1.54, 1.807) is 0 Å². The van der Waals surface area contributed by atoms with Gasteiger partial charge in [-0.15, -0.1) is 0 Å². The summed E-state index contributed by atoms with van der Waals surface area (Å²) in [6.45, 7) is 11.5. The number of carbonyl (C=O) groups excluding carboxylic acids is 1. The Hall–Kier alpha value is -1.39. The van der Waals surface area contributed by atoms with Crippen molar-refractivity contribution in [3.05, 3.63) is 35.9 Å². The minimum absolute atomic E-state index is 0.0376. The smallest absolute Gasteiger partial charge is 0.219 e. The molecule has 0 bridgehead atoms. The molecule has 26 heavy (non-hydrogen) atoms. The summed E-state index contributed by atoms with van der Waals surface area (Å²) in [6, 6.07) is 10.7. The number of hydrogen-bond acceptors (Lipinski definition) is 3. The van der Waals surface area contributed by atoms with Gasteiger partial charge in [0.25, 0.3) is 0 Å². The number of carbonyl (C=O) groups is 1. The number of hydroxylamine groups is 2. The van der Waals surface area contributed by atoms with E-state index in [1.165, 1.54) is 5.56 Å². The van der Waals surface area contributed by atoms with E-state index in [1.807, 2.05) is 13.0 Å². The van der Waals surface area contributed by atoms with Crippen molar-refractivity contribution in [2.24, 2.45) is 0 Å². The van der Waals surface area contributed by atoms with Gasteiger partial charge in [0.05, 0.1) is 6.61 Å². The number of amides is 1. The number of nitrogens with zero attached hydrogens (tertiary/aromatic N) is 1. The zero-order chi connectivity index (χ0) is 19.2. The van der Waals surface area contributed by atoms with Gasteiger partial charge in [0.1, 0.15) is 0 Å². The predicted molar refractivity (Wildman–Crippen MR) is 107 cm³/mol. The fourth-order valence-corrected chi connectivity index (χ4v) is 4.41. The van der Waals surface area contributed by atoms with Crippen LogP contribution in [0.3, 0.4) is 0 Å². The van der Waals surface area contributed by atoms with Crippen molar-refractivity contribution >= 4 is 5.91 Å². The molecule has 1 aromatic carbocycles. The van der Waals surface area contributed by atoms with Gasteiger partial charge in [-0.25, -0.2) is 0 Å². The largest absolute Gasteiger partial charge is 0.353 e. The molecule has 0 aromatic heterocycles. The predicted octanol–water partition coefficient (Wildman–Crippen LogP) is 4.49. The van der Waals surface area contributed by atoms with Crippen LogP contribution in [0.1, 0.15) is 72.3 Å². The van der Waals surface area contributed by atoms with Crippen LogP contribution >= 0.6 is 0 Å². The van der Waals surface area contributed by atoms with Gasteiger partial charge in [0.2, 0.25) is 5.91 Å². The molecular formula is C22H36N2O2. The van der Waals surface area contributed by atoms with Crippen LogP contribution in [0.2, 0.25) is 0 Å². The first-order chi connectivity index (χ1) is 12.4. The van der Waals surface area contributed by atoms with Crippen molar-refractivity contribution in [2.45, 2.75) is 90.3 Å². The van der Waals surface area contributed by atoms with E-state index in [-0.39, 0.29) is 23.0 Å². The molecule has 146 valence electrons. The van der Waals surface area contributed by atoms with Crippen LogP contribution in [0, 0.1) is 0 Å². The second-order valence-corrected chi connectivity index (χ2v) is 8.13. The van der Waals surface area contributed by atoms with Gasteiger partial charge in [0.15, 0.2) is 0 Å². The fourth-order valence-electron chi connectivity index (χ4n) is 4.41. The molecule has 1 fully saturated rings. The van der Waals surface area contributed by atoms with Crippen molar-refractivity contribution < 1.29 is 9.63 Å². The van der Waals surface area contributed by atoms with Crippen LogP contribution in [-0.4, -0.2) is 34.7 Å². The van der Waals surface area contributed by atoms with Gasteiger partial charge < -0.3 is 5.32 Å². The van der Waals surface area contributed by atoms with E-state index in [0.717, 1.165) is 32.1 Å². The average molecular weight is 361 g/mol. The lowest BCUT2D eigenvalue weighted by Gasteiger charge is -2.56. The maximum absolute atomic E-state index is 11.9. The van der Waals surface area contributed by atoms with Crippen LogP contribution in [0.4, 0.5) is 0 Å². The topological polar surface area (TPSA) is 41.6 Å². The zero-order valence-corrected chi connectivity index (χ0v) is 17.2. The van der Waals surface area contributed by atoms with Crippen LogP contribution in [0.25, 0.3) is 0 Å². The molecular weight excluding hydrogens is 324 g/mol. The Morgan fingerprint density at radius 2 is 1.81 bits per heavy atom. The highest BCUT2D eigenvalue weighted by Crippen LogP contribution is 2.42. The summed E-state index contributed by atoms with van der Waals surface area (Å²) < 4.78 is 0. The van der Waals surface area contributed by atoms with Gasteiger partial charge in [0, 0.05) is 23.5 Å². The van der Waals surface area contributed by atoms with Crippen molar-refractivity contribution in [2.75, 3.05) is 6.61 Å². The lowest BCUT2D eigenvalue weighted by Crippen LogP contribution is -2.66. The van der Waals surface area contributed by atoms with Gasteiger partial charge >= 0.3 is 0 Å². The Morgan fingerprint density at radius 1 is 1.15 bits per heavy atom. The van der Waals surface area contributed by atoms with E-state index in [0.29, 0.717) is 13.0 Å². The van der Waals surface area contributed by atoms with Gasteiger partial charge in [-0.05, 0) is 51.5 Å². The number of piperidine rings is 1. The third kappa shape index (κ3) is 4.86. The molecule has 0 aliphatic carbocycles. The molecule has 1 aliphatic rings. The van der Waals surface area contributed by atoms with E-state index < -0.39 is 0 Å². The molecule has 1 atom stereocenters. The zero-order valence-electron chi connectivity index (χ0n) is 17.2. The number of rotatable bonds is 8. The molecule has 0 saturated carbocycles. The summed E-state index contributed by atoms with van der Waals surface area (Å²) in [4.78, 5) is 18.3. The van der Waals surface area contributed by atoms with Gasteiger partial charge in [-0.2, -0.15) is 5.06 Å². The Bertz CT molecular complexity index is 567. The summed E-state index contributed by atoms with van der Waals surface area (Å²) >= 11 is 0. The van der Waals surface area contributed by atoms with E-state index in [2.05, 4.69) is 62.3 Å². The van der Waals surface area contributed by atoms with Crippen molar-refractivity contribution in [3.63, 3.8) is 0 Å². The minimum atomic E-state index is -0.118. The molecule has 1 amide bonds. The SMILES string of the molecule is CCC(=O)NC1CC(C)(C)N(OCCc2ccccc2)C(CC)(CC)C1. The number of hydrogen-bond donors (Lipinski definition) is 1. The maximum atomic E-state index is 11.9. The fraction of sp³-hybridized carbons (Fsp3) is 0.682. The molecule has 1 aromatic rings. The molecule has 0 spiro atoms. The van der Waals surface area contributed by atoms with Crippen LogP contribution in [0.5, 0.6) is 0 Å². The molecule has 1 N–H and O–H groups in total. The van der Waals surface area contributed by atoms with Gasteiger partial charge in [-0.1, -0.05) is 51.1 Å². The van der Waals surface area contributed by atoms with Crippen LogP contribution in [0.15, 0.2) is 30.3 Å². The third-order valence-electron chi connectivity index (χ3n) is 5.81. The Balaban J connectivity index is 2.10. The maximum Gasteiger partial charge on any atom is 0.219 e. The highest BCUT2D eigenvalue weighted by molar-refractivity contribution is 5.75. The summed E-state index contributed by atoms with van der Waals surface area (Å²) in [6.07, 6.45) is 5.33. The summed E-state index contributed by atoms with van der Waals surface area (Å²) in [7, 11) is 0. The van der Waals surface area contributed by atoms with Crippen LogP contribution in [-0.2, 0) is 16.1 Å². The molecule has 2 rings (SSSR count). The highest BCUT2D eigenvalue weighted by atomic mass is 16.7. The lowest BCUT2D eigenvalue weighted by molar-refractivity contribution is -0.293. The first-order valence-electron chi connectivity index (χ1n) is 10.1. The molecule has 4 nitrogen and oxygen atoms in total. The molecule has 1 saturated heterocycles. The van der Waals surface area contributed by atoms with E-state index >= 15 is 0 Å². The molecule has 1 heterocycles. The van der Waals surface area contributed by atoms with Gasteiger partial charge in [-0.3, -0.25) is 9.63 Å². The Morgan fingerprint density at radius 3 is 2.38 bits per heavy atom. The standard InChI is InChI=1S/C22H36N2O2/c1-6-20(25)23-19-16-21(4,5)24(22(7-2,8-3)17-19)26-15-14-18-12-10-9-11-13-18/h9-13,19H,6-8,14-17H2,1-5H3,(H,23,25). The number of nitrogens with one attached hydrogen (secondary N) is 1. The average Bonchev–Trinajstić information content (AvgIpc) is 2.63. The lowest BCUT2D eigenvalue weighted by atomic mass is 9.74. The van der Waals surface area contributed by atoms with Crippen molar-refractivity contribution in [1.82, 2.24) is 10.4 Å². The normalized spacial score (nSPS) is 22.1. The minimum Gasteiger partial charge on any atom is -0.353 e. The van der Waals surface area contributed by atoms with Crippen LogP contribution < -0.4 is 5.32 Å². The molecule has 0 radical (unpaired) electrons. The van der Waals surface area contributed by atoms with Crippen molar-refractivity contribution in [1.29, 1.82) is 0 Å². The van der Waals surface area contributed by atoms with E-state index in [9.17, 15) is 4.79 Å². The van der Waals surface area contributed by atoms with Crippen molar-refractivity contribution in [3.8, 4) is 0 Å². The summed E-state index contributed by atoms with van der Waals surface area (Å²) in [5.74, 6) is 0.144. The first-order valence-corrected chi connectivity index (χ1v) is 10.1. The molecule has 1 aliphatic heterocycles. The van der Waals surface area contributed by atoms with E-state index in [4.69, 9.17) is 4.84 Å². The Kier molecular flexibility index (Phi) is 7.24. The molecule has 1 unspecified atom stereocenters. The Labute approximate surface area is 159 Å². The molecule has 4 heteroatoms. The highest BCUT2D eigenvalue weighted by Gasteiger charge is 2.50. The first kappa shape index (κ1) is 20.9. The third-order valence-corrected chi connectivity index (χ3v) is 5.81. The second kappa shape index (κ2) is 9.01. The quantitative estimate of drug-likeness (QED) is 0.743. The second-order valence-electron chi connectivity index (χ2n) is 8.13. The summed E-state index contributed by atoms with van der Waals surface area (Å²) in [5, 5.41) is 5.49.